The largest absolute Gasteiger partial charge is 0.394 e. The molecule has 80 valence electrons. The average molecular weight is 197 g/mol. The fraction of sp³-hybridized carbons (Fsp3) is 0.909. The molecule has 0 aromatic carbocycles. The van der Waals surface area contributed by atoms with E-state index in [1.807, 2.05) is 18.7 Å². The molecular weight excluding hydrogens is 178 g/mol. The van der Waals surface area contributed by atoms with E-state index in [-0.39, 0.29) is 29.4 Å². The van der Waals surface area contributed by atoms with E-state index in [1.54, 1.807) is 0 Å². The standard InChI is InChI=1S/C11H19NO2/c1-8-10(2,3)9(14)12-6-4-5-11(8,12)7-13/h8,13H,4-7H2,1-3H3. The van der Waals surface area contributed by atoms with Crippen LogP contribution in [0.5, 0.6) is 0 Å². The maximum absolute atomic E-state index is 12.1. The molecule has 0 aromatic heterocycles. The van der Waals surface area contributed by atoms with E-state index in [2.05, 4.69) is 6.92 Å². The Kier molecular flexibility index (Phi) is 1.94. The van der Waals surface area contributed by atoms with Gasteiger partial charge in [-0.1, -0.05) is 20.8 Å². The van der Waals surface area contributed by atoms with Gasteiger partial charge in [-0.3, -0.25) is 4.79 Å². The van der Waals surface area contributed by atoms with Gasteiger partial charge < -0.3 is 10.0 Å². The first-order chi connectivity index (χ1) is 6.47. The fourth-order valence-corrected chi connectivity index (χ4v) is 3.16. The maximum atomic E-state index is 12.1. The van der Waals surface area contributed by atoms with Gasteiger partial charge in [-0.15, -0.1) is 0 Å². The van der Waals surface area contributed by atoms with Crippen molar-refractivity contribution in [1.82, 2.24) is 4.90 Å². The summed E-state index contributed by atoms with van der Waals surface area (Å²) < 4.78 is 0. The topological polar surface area (TPSA) is 40.5 Å². The lowest BCUT2D eigenvalue weighted by molar-refractivity contribution is -0.136. The third-order valence-corrected chi connectivity index (χ3v) is 4.49. The minimum Gasteiger partial charge on any atom is -0.394 e. The molecule has 0 aromatic rings. The van der Waals surface area contributed by atoms with Crippen LogP contribution in [0.4, 0.5) is 0 Å². The highest BCUT2D eigenvalue weighted by molar-refractivity contribution is 5.86. The van der Waals surface area contributed by atoms with Gasteiger partial charge in [0, 0.05) is 12.0 Å². The number of carbonyl (C=O) groups excluding carboxylic acids is 1. The summed E-state index contributed by atoms with van der Waals surface area (Å²) in [6.07, 6.45) is 1.99. The smallest absolute Gasteiger partial charge is 0.229 e. The Bertz CT molecular complexity index is 274. The second-order valence-corrected chi connectivity index (χ2v) is 5.27. The van der Waals surface area contributed by atoms with Gasteiger partial charge in [0.1, 0.15) is 0 Å². The highest BCUT2D eigenvalue weighted by Crippen LogP contribution is 2.52. The third kappa shape index (κ3) is 0.888. The molecule has 1 N–H and O–H groups in total. The molecule has 2 atom stereocenters. The molecule has 14 heavy (non-hydrogen) atoms. The van der Waals surface area contributed by atoms with E-state index in [9.17, 15) is 9.90 Å². The summed E-state index contributed by atoms with van der Waals surface area (Å²) >= 11 is 0. The van der Waals surface area contributed by atoms with Crippen LogP contribution < -0.4 is 0 Å². The zero-order valence-electron chi connectivity index (χ0n) is 9.21. The minimum absolute atomic E-state index is 0.114. The Hall–Kier alpha value is -0.570. The SMILES string of the molecule is CC1C(C)(C)C(=O)N2CCCC12CO. The van der Waals surface area contributed by atoms with Crippen molar-refractivity contribution in [2.75, 3.05) is 13.2 Å². The number of hydrogen-bond acceptors (Lipinski definition) is 2. The van der Waals surface area contributed by atoms with Gasteiger partial charge in [0.25, 0.3) is 0 Å². The molecule has 3 heteroatoms. The summed E-state index contributed by atoms with van der Waals surface area (Å²) in [6.45, 7) is 7.03. The van der Waals surface area contributed by atoms with Gasteiger partial charge in [-0.25, -0.2) is 0 Å². The lowest BCUT2D eigenvalue weighted by Crippen LogP contribution is -2.46. The maximum Gasteiger partial charge on any atom is 0.229 e. The quantitative estimate of drug-likeness (QED) is 0.681. The monoisotopic (exact) mass is 197 g/mol. The van der Waals surface area contributed by atoms with Crippen molar-refractivity contribution in [2.45, 2.75) is 39.2 Å². The Morgan fingerprint density at radius 1 is 1.57 bits per heavy atom. The van der Waals surface area contributed by atoms with Crippen LogP contribution in [0.15, 0.2) is 0 Å². The zero-order chi connectivity index (χ0) is 10.6. The van der Waals surface area contributed by atoms with Gasteiger partial charge >= 0.3 is 0 Å². The number of aliphatic hydroxyl groups is 1. The molecule has 1 amide bonds. The lowest BCUT2D eigenvalue weighted by atomic mass is 9.72. The molecule has 2 fully saturated rings. The number of nitrogens with zero attached hydrogens (tertiary/aromatic N) is 1. The van der Waals surface area contributed by atoms with Crippen LogP contribution in [0.2, 0.25) is 0 Å². The van der Waals surface area contributed by atoms with Crippen molar-refractivity contribution in [1.29, 1.82) is 0 Å². The van der Waals surface area contributed by atoms with Crippen LogP contribution in [-0.2, 0) is 4.79 Å². The van der Waals surface area contributed by atoms with E-state index >= 15 is 0 Å². The van der Waals surface area contributed by atoms with E-state index < -0.39 is 0 Å². The predicted molar refractivity (Wildman–Crippen MR) is 53.7 cm³/mol. The van der Waals surface area contributed by atoms with E-state index in [0.717, 1.165) is 19.4 Å². The third-order valence-electron chi connectivity index (χ3n) is 4.49. The number of hydrogen-bond donors (Lipinski definition) is 1. The Labute approximate surface area is 85.1 Å². The number of fused-ring (bicyclic) bond motifs is 1. The minimum atomic E-state index is -0.302. The van der Waals surface area contributed by atoms with Gasteiger partial charge in [-0.2, -0.15) is 0 Å². The van der Waals surface area contributed by atoms with Gasteiger partial charge in [0.2, 0.25) is 5.91 Å². The molecule has 0 radical (unpaired) electrons. The van der Waals surface area contributed by atoms with Crippen molar-refractivity contribution in [3.8, 4) is 0 Å². The first kappa shape index (κ1) is 9.97. The molecule has 3 nitrogen and oxygen atoms in total. The molecule has 2 saturated heterocycles. The van der Waals surface area contributed by atoms with Crippen LogP contribution in [0, 0.1) is 11.3 Å². The molecule has 0 aliphatic carbocycles. The van der Waals surface area contributed by atoms with Crippen LogP contribution in [0.3, 0.4) is 0 Å². The van der Waals surface area contributed by atoms with Gasteiger partial charge in [0.15, 0.2) is 0 Å². The van der Waals surface area contributed by atoms with Gasteiger partial charge in [0.05, 0.1) is 12.1 Å². The normalized spacial score (nSPS) is 40.4. The molecule has 0 saturated carbocycles. The molecule has 2 rings (SSSR count). The second kappa shape index (κ2) is 2.72. The second-order valence-electron chi connectivity index (χ2n) is 5.27. The van der Waals surface area contributed by atoms with Crippen molar-refractivity contribution >= 4 is 5.91 Å². The van der Waals surface area contributed by atoms with Crippen molar-refractivity contribution in [2.24, 2.45) is 11.3 Å². The zero-order valence-corrected chi connectivity index (χ0v) is 9.21. The molecule has 2 aliphatic rings. The van der Waals surface area contributed by atoms with Crippen LogP contribution in [0.1, 0.15) is 33.6 Å². The van der Waals surface area contributed by atoms with Crippen molar-refractivity contribution < 1.29 is 9.90 Å². The Morgan fingerprint density at radius 3 is 2.71 bits per heavy atom. The molecule has 2 unspecified atom stereocenters. The highest BCUT2D eigenvalue weighted by atomic mass is 16.3. The lowest BCUT2D eigenvalue weighted by Gasteiger charge is -2.34. The van der Waals surface area contributed by atoms with E-state index in [1.165, 1.54) is 0 Å². The number of rotatable bonds is 1. The molecule has 0 bridgehead atoms. The molecule has 2 aliphatic heterocycles. The Balaban J connectivity index is 2.44. The van der Waals surface area contributed by atoms with Crippen LogP contribution in [0.25, 0.3) is 0 Å². The van der Waals surface area contributed by atoms with Crippen LogP contribution in [-0.4, -0.2) is 34.6 Å². The summed E-state index contributed by atoms with van der Waals surface area (Å²) in [4.78, 5) is 14.0. The summed E-state index contributed by atoms with van der Waals surface area (Å²) in [5, 5.41) is 9.55. The average Bonchev–Trinajstić information content (AvgIpc) is 2.63. The predicted octanol–water partition coefficient (Wildman–Crippen LogP) is 1.02. The fourth-order valence-electron chi connectivity index (χ4n) is 3.16. The van der Waals surface area contributed by atoms with Gasteiger partial charge in [-0.05, 0) is 18.8 Å². The first-order valence-corrected chi connectivity index (χ1v) is 5.40. The van der Waals surface area contributed by atoms with Crippen LogP contribution >= 0.6 is 0 Å². The molecule has 0 spiro atoms. The van der Waals surface area contributed by atoms with E-state index in [0.29, 0.717) is 0 Å². The molecular formula is C11H19NO2. The Morgan fingerprint density at radius 2 is 2.21 bits per heavy atom. The van der Waals surface area contributed by atoms with E-state index in [4.69, 9.17) is 0 Å². The summed E-state index contributed by atoms with van der Waals surface area (Å²) in [7, 11) is 0. The number of amides is 1. The summed E-state index contributed by atoms with van der Waals surface area (Å²) in [6, 6.07) is 0. The van der Waals surface area contributed by atoms with Crippen molar-refractivity contribution in [3.05, 3.63) is 0 Å². The number of carbonyl (C=O) groups is 1. The first-order valence-electron chi connectivity index (χ1n) is 5.40. The van der Waals surface area contributed by atoms with Crippen molar-refractivity contribution in [3.63, 3.8) is 0 Å². The summed E-state index contributed by atoms with van der Waals surface area (Å²) in [5.74, 6) is 0.464. The highest BCUT2D eigenvalue weighted by Gasteiger charge is 2.61. The number of aliphatic hydroxyl groups excluding tert-OH is 1. The molecule has 2 heterocycles. The summed E-state index contributed by atoms with van der Waals surface area (Å²) in [5.41, 5.74) is -0.552.